The van der Waals surface area contributed by atoms with Gasteiger partial charge in [0.2, 0.25) is 0 Å². The maximum atomic E-state index is 11.3. The predicted molar refractivity (Wildman–Crippen MR) is 59.1 cm³/mol. The molecule has 0 radical (unpaired) electrons. The number of esters is 1. The van der Waals surface area contributed by atoms with Crippen molar-refractivity contribution in [3.05, 3.63) is 0 Å². The molecule has 5 heteroatoms. The lowest BCUT2D eigenvalue weighted by Crippen LogP contribution is -2.51. The average Bonchev–Trinajstić information content (AvgIpc) is 2.28. The number of rotatable bonds is 4. The Morgan fingerprint density at radius 2 is 2.38 bits per heavy atom. The van der Waals surface area contributed by atoms with E-state index in [0.717, 1.165) is 6.54 Å². The summed E-state index contributed by atoms with van der Waals surface area (Å²) in [6, 6.07) is 0. The number of methoxy groups -OCH3 is 1. The summed E-state index contributed by atoms with van der Waals surface area (Å²) in [5.41, 5.74) is -0.710. The third-order valence-corrected chi connectivity index (χ3v) is 2.94. The van der Waals surface area contributed by atoms with Gasteiger partial charge in [-0.3, -0.25) is 4.90 Å². The Hall–Kier alpha value is -0.650. The van der Waals surface area contributed by atoms with E-state index in [4.69, 9.17) is 4.74 Å². The molecule has 1 fully saturated rings. The molecule has 5 nitrogen and oxygen atoms in total. The van der Waals surface area contributed by atoms with Gasteiger partial charge in [0.05, 0.1) is 19.3 Å². The van der Waals surface area contributed by atoms with E-state index in [1.807, 2.05) is 11.8 Å². The fourth-order valence-corrected chi connectivity index (χ4v) is 1.71. The number of ether oxygens (including phenoxy) is 2. The summed E-state index contributed by atoms with van der Waals surface area (Å²) in [5.74, 6) is -0.346. The van der Waals surface area contributed by atoms with Crippen molar-refractivity contribution >= 4 is 5.97 Å². The number of aliphatic hydroxyl groups is 1. The molecule has 0 saturated carbocycles. The minimum absolute atomic E-state index is 0.346. The molecule has 0 bridgehead atoms. The summed E-state index contributed by atoms with van der Waals surface area (Å²) >= 11 is 0. The molecule has 0 spiro atoms. The van der Waals surface area contributed by atoms with Gasteiger partial charge in [0.15, 0.2) is 6.10 Å². The van der Waals surface area contributed by atoms with E-state index in [2.05, 4.69) is 4.74 Å². The van der Waals surface area contributed by atoms with Crippen molar-refractivity contribution in [2.24, 2.45) is 0 Å². The lowest BCUT2D eigenvalue weighted by Gasteiger charge is -2.35. The van der Waals surface area contributed by atoms with Crippen LogP contribution in [0.2, 0.25) is 0 Å². The lowest BCUT2D eigenvalue weighted by atomic mass is 10.0. The molecule has 0 aromatic heterocycles. The largest absolute Gasteiger partial charge is 0.467 e. The number of carbonyl (C=O) groups excluding carboxylic acids is 1. The van der Waals surface area contributed by atoms with Crippen molar-refractivity contribution in [2.75, 3.05) is 33.4 Å². The Labute approximate surface area is 96.3 Å². The molecule has 1 aliphatic heterocycles. The van der Waals surface area contributed by atoms with Crippen molar-refractivity contribution in [1.29, 1.82) is 0 Å². The number of morpholine rings is 1. The molecule has 0 amide bonds. The molecule has 16 heavy (non-hydrogen) atoms. The summed E-state index contributed by atoms with van der Waals surface area (Å²) in [6.07, 6.45) is 0.166. The van der Waals surface area contributed by atoms with Crippen LogP contribution in [-0.4, -0.2) is 61.0 Å². The van der Waals surface area contributed by atoms with Crippen LogP contribution >= 0.6 is 0 Å². The predicted octanol–water partition coefficient (Wildman–Crippen LogP) is 0.0212. The monoisotopic (exact) mass is 231 g/mol. The summed E-state index contributed by atoms with van der Waals surface area (Å²) in [7, 11) is 1.35. The Balaban J connectivity index is 2.48. The molecule has 2 atom stereocenters. The molecule has 1 saturated heterocycles. The number of hydrogen-bond donors (Lipinski definition) is 1. The summed E-state index contributed by atoms with van der Waals surface area (Å²) in [5, 5.41) is 9.96. The number of nitrogens with zero attached hydrogens (tertiary/aromatic N) is 1. The fraction of sp³-hybridized carbons (Fsp3) is 0.909. The average molecular weight is 231 g/mol. The summed E-state index contributed by atoms with van der Waals surface area (Å²) in [6.45, 7) is 6.03. The van der Waals surface area contributed by atoms with E-state index in [1.54, 1.807) is 6.92 Å². The van der Waals surface area contributed by atoms with Gasteiger partial charge in [-0.05, 0) is 13.3 Å². The number of carbonyl (C=O) groups is 1. The van der Waals surface area contributed by atoms with Gasteiger partial charge in [-0.15, -0.1) is 0 Å². The fourth-order valence-electron chi connectivity index (χ4n) is 1.71. The van der Waals surface area contributed by atoms with Gasteiger partial charge in [-0.25, -0.2) is 4.79 Å². The smallest absolute Gasteiger partial charge is 0.336 e. The maximum Gasteiger partial charge on any atom is 0.336 e. The van der Waals surface area contributed by atoms with Crippen LogP contribution in [0.3, 0.4) is 0 Å². The quantitative estimate of drug-likeness (QED) is 0.691. The number of hydrogen-bond acceptors (Lipinski definition) is 5. The first kappa shape index (κ1) is 13.4. The second-order valence-electron chi connectivity index (χ2n) is 4.47. The van der Waals surface area contributed by atoms with Crippen molar-refractivity contribution in [3.63, 3.8) is 0 Å². The third kappa shape index (κ3) is 3.73. The maximum absolute atomic E-state index is 11.3. The van der Waals surface area contributed by atoms with Gasteiger partial charge in [0, 0.05) is 19.6 Å². The molecule has 1 heterocycles. The molecule has 94 valence electrons. The standard InChI is InChI=1S/C11H21NO4/c1-4-11(2,14)8-12-5-6-16-9(7-12)10(13)15-3/h9,14H,4-8H2,1-3H3. The van der Waals surface area contributed by atoms with Crippen LogP contribution in [-0.2, 0) is 14.3 Å². The molecular weight excluding hydrogens is 210 g/mol. The highest BCUT2D eigenvalue weighted by atomic mass is 16.6. The van der Waals surface area contributed by atoms with E-state index < -0.39 is 11.7 Å². The molecule has 1 N–H and O–H groups in total. The van der Waals surface area contributed by atoms with E-state index in [1.165, 1.54) is 7.11 Å². The van der Waals surface area contributed by atoms with Crippen LogP contribution in [0.4, 0.5) is 0 Å². The Morgan fingerprint density at radius 1 is 1.69 bits per heavy atom. The molecule has 1 aliphatic rings. The zero-order valence-corrected chi connectivity index (χ0v) is 10.2. The van der Waals surface area contributed by atoms with Crippen molar-refractivity contribution in [1.82, 2.24) is 4.90 Å². The van der Waals surface area contributed by atoms with Crippen LogP contribution in [0, 0.1) is 0 Å². The third-order valence-electron chi connectivity index (χ3n) is 2.94. The number of β-amino-alcohol motifs (C(OH)–C–C–N with tert-alkyl or cyclic N) is 1. The molecule has 2 unspecified atom stereocenters. The Bertz CT molecular complexity index is 242. The SMILES string of the molecule is CCC(C)(O)CN1CCOC(C(=O)OC)C1. The molecule has 0 aromatic carbocycles. The molecule has 0 aromatic rings. The van der Waals surface area contributed by atoms with E-state index in [9.17, 15) is 9.90 Å². The van der Waals surface area contributed by atoms with Crippen LogP contribution in [0.15, 0.2) is 0 Å². The van der Waals surface area contributed by atoms with Crippen molar-refractivity contribution in [2.45, 2.75) is 32.0 Å². The van der Waals surface area contributed by atoms with Crippen molar-refractivity contribution in [3.8, 4) is 0 Å². The normalized spacial score (nSPS) is 26.1. The second kappa shape index (κ2) is 5.61. The van der Waals surface area contributed by atoms with Crippen LogP contribution in [0.5, 0.6) is 0 Å². The van der Waals surface area contributed by atoms with Crippen molar-refractivity contribution < 1.29 is 19.4 Å². The van der Waals surface area contributed by atoms with Gasteiger partial charge in [0.1, 0.15) is 0 Å². The second-order valence-corrected chi connectivity index (χ2v) is 4.47. The van der Waals surface area contributed by atoms with Gasteiger partial charge in [-0.1, -0.05) is 6.92 Å². The lowest BCUT2D eigenvalue weighted by molar-refractivity contribution is -0.161. The van der Waals surface area contributed by atoms with E-state index >= 15 is 0 Å². The molecule has 0 aliphatic carbocycles. The molecular formula is C11H21NO4. The first-order chi connectivity index (χ1) is 7.48. The van der Waals surface area contributed by atoms with E-state index in [0.29, 0.717) is 26.1 Å². The zero-order chi connectivity index (χ0) is 12.2. The first-order valence-electron chi connectivity index (χ1n) is 5.62. The summed E-state index contributed by atoms with van der Waals surface area (Å²) < 4.78 is 9.95. The minimum Gasteiger partial charge on any atom is -0.467 e. The Morgan fingerprint density at radius 3 is 2.94 bits per heavy atom. The van der Waals surface area contributed by atoms with Gasteiger partial charge < -0.3 is 14.6 Å². The van der Waals surface area contributed by atoms with Crippen LogP contribution in [0.1, 0.15) is 20.3 Å². The van der Waals surface area contributed by atoms with E-state index in [-0.39, 0.29) is 5.97 Å². The van der Waals surface area contributed by atoms with Gasteiger partial charge in [0.25, 0.3) is 0 Å². The molecule has 1 rings (SSSR count). The van der Waals surface area contributed by atoms with Crippen LogP contribution in [0.25, 0.3) is 0 Å². The highest BCUT2D eigenvalue weighted by Gasteiger charge is 2.30. The van der Waals surface area contributed by atoms with Crippen LogP contribution < -0.4 is 0 Å². The van der Waals surface area contributed by atoms with Gasteiger partial charge in [-0.2, -0.15) is 0 Å². The summed E-state index contributed by atoms with van der Waals surface area (Å²) in [4.78, 5) is 13.3. The first-order valence-corrected chi connectivity index (χ1v) is 5.62. The minimum atomic E-state index is -0.710. The highest BCUT2D eigenvalue weighted by Crippen LogP contribution is 2.14. The Kier molecular flexibility index (Phi) is 4.70. The zero-order valence-electron chi connectivity index (χ0n) is 10.2. The topological polar surface area (TPSA) is 59.0 Å². The highest BCUT2D eigenvalue weighted by molar-refractivity contribution is 5.74. The van der Waals surface area contributed by atoms with Gasteiger partial charge >= 0.3 is 5.97 Å².